The molecule has 0 spiro atoms. The third kappa shape index (κ3) is 5.13. The first-order valence-corrected chi connectivity index (χ1v) is 8.14. The second-order valence-corrected chi connectivity index (χ2v) is 6.52. The van der Waals surface area contributed by atoms with Crippen molar-refractivity contribution in [3.8, 4) is 0 Å². The Bertz CT molecular complexity index is 571. The molecule has 20 heavy (non-hydrogen) atoms. The lowest BCUT2D eigenvalue weighted by Crippen LogP contribution is -2.12. The number of hydrogen-bond donors (Lipinski definition) is 1. The van der Waals surface area contributed by atoms with Gasteiger partial charge in [-0.15, -0.1) is 11.8 Å². The highest BCUT2D eigenvalue weighted by atomic mass is 127. The summed E-state index contributed by atoms with van der Waals surface area (Å²) in [4.78, 5) is 12.7. The van der Waals surface area contributed by atoms with Gasteiger partial charge in [-0.25, -0.2) is 4.39 Å². The van der Waals surface area contributed by atoms with E-state index in [1.807, 2.05) is 24.3 Å². The summed E-state index contributed by atoms with van der Waals surface area (Å²) in [6.45, 7) is 0. The molecule has 0 saturated heterocycles. The van der Waals surface area contributed by atoms with E-state index in [1.165, 1.54) is 12.1 Å². The number of carbonyl (C=O) groups excluding carboxylic acids is 1. The van der Waals surface area contributed by atoms with Crippen LogP contribution >= 0.6 is 34.4 Å². The summed E-state index contributed by atoms with van der Waals surface area (Å²) in [6, 6.07) is 13.9. The average molecular weight is 401 g/mol. The van der Waals surface area contributed by atoms with Gasteiger partial charge in [0.15, 0.2) is 0 Å². The molecule has 0 saturated carbocycles. The third-order valence-electron chi connectivity index (χ3n) is 2.54. The summed E-state index contributed by atoms with van der Waals surface area (Å²) in [5.41, 5.74) is 0.808. The topological polar surface area (TPSA) is 29.1 Å². The molecule has 1 N–H and O–H groups in total. The summed E-state index contributed by atoms with van der Waals surface area (Å²) < 4.78 is 13.9. The van der Waals surface area contributed by atoms with Gasteiger partial charge in [-0.3, -0.25) is 4.79 Å². The van der Waals surface area contributed by atoms with Gasteiger partial charge in [0.05, 0.1) is 0 Å². The Balaban J connectivity index is 1.75. The summed E-state index contributed by atoms with van der Waals surface area (Å²) >= 11 is 3.76. The fourth-order valence-corrected chi connectivity index (χ4v) is 2.76. The van der Waals surface area contributed by atoms with Crippen LogP contribution in [0.1, 0.15) is 6.42 Å². The predicted molar refractivity (Wildman–Crippen MR) is 89.5 cm³/mol. The molecule has 0 fully saturated rings. The highest BCUT2D eigenvalue weighted by molar-refractivity contribution is 14.1. The highest BCUT2D eigenvalue weighted by Crippen LogP contribution is 2.19. The fourth-order valence-electron chi connectivity index (χ4n) is 1.55. The number of hydrogen-bond acceptors (Lipinski definition) is 2. The summed E-state index contributed by atoms with van der Waals surface area (Å²) in [7, 11) is 0. The first-order valence-electron chi connectivity index (χ1n) is 6.07. The van der Waals surface area contributed by atoms with Crippen LogP contribution in [0, 0.1) is 9.39 Å². The van der Waals surface area contributed by atoms with Gasteiger partial charge in [-0.05, 0) is 71.1 Å². The second-order valence-electron chi connectivity index (χ2n) is 4.11. The minimum absolute atomic E-state index is 0.0131. The van der Waals surface area contributed by atoms with E-state index in [1.54, 1.807) is 23.9 Å². The Morgan fingerprint density at radius 2 is 1.75 bits per heavy atom. The Labute approximate surface area is 135 Å². The van der Waals surface area contributed by atoms with E-state index >= 15 is 0 Å². The molecule has 2 aromatic carbocycles. The Morgan fingerprint density at radius 3 is 2.40 bits per heavy atom. The van der Waals surface area contributed by atoms with Crippen molar-refractivity contribution < 1.29 is 9.18 Å². The molecular weight excluding hydrogens is 388 g/mol. The third-order valence-corrected chi connectivity index (χ3v) is 4.27. The molecule has 2 aromatic rings. The van der Waals surface area contributed by atoms with Crippen LogP contribution < -0.4 is 5.32 Å². The maximum absolute atomic E-state index is 12.7. The van der Waals surface area contributed by atoms with Crippen LogP contribution in [-0.2, 0) is 4.79 Å². The Morgan fingerprint density at radius 1 is 1.10 bits per heavy atom. The molecular formula is C15H13FINOS. The quantitative estimate of drug-likeness (QED) is 0.589. The van der Waals surface area contributed by atoms with Crippen molar-refractivity contribution >= 4 is 45.9 Å². The molecule has 0 atom stereocenters. The van der Waals surface area contributed by atoms with Crippen LogP contribution in [0.15, 0.2) is 53.4 Å². The van der Waals surface area contributed by atoms with E-state index < -0.39 is 0 Å². The van der Waals surface area contributed by atoms with Gasteiger partial charge in [0, 0.05) is 26.3 Å². The number of carbonyl (C=O) groups is 1. The molecule has 0 unspecified atom stereocenters. The van der Waals surface area contributed by atoms with E-state index in [9.17, 15) is 9.18 Å². The van der Waals surface area contributed by atoms with E-state index in [4.69, 9.17) is 0 Å². The van der Waals surface area contributed by atoms with Gasteiger partial charge in [0.2, 0.25) is 5.91 Å². The molecule has 0 bridgehead atoms. The van der Waals surface area contributed by atoms with E-state index in [2.05, 4.69) is 27.9 Å². The number of nitrogens with one attached hydrogen (secondary N) is 1. The lowest BCUT2D eigenvalue weighted by atomic mass is 10.3. The van der Waals surface area contributed by atoms with Crippen LogP contribution in [0.25, 0.3) is 0 Å². The van der Waals surface area contributed by atoms with Crippen LogP contribution in [0.4, 0.5) is 10.1 Å². The van der Waals surface area contributed by atoms with Crippen LogP contribution in [0.2, 0.25) is 0 Å². The fraction of sp³-hybridized carbons (Fsp3) is 0.133. The first-order chi connectivity index (χ1) is 9.63. The first kappa shape index (κ1) is 15.3. The summed E-state index contributed by atoms with van der Waals surface area (Å²) in [5, 5.41) is 2.85. The predicted octanol–water partition coefficient (Wildman–Crippen LogP) is 4.55. The molecule has 104 valence electrons. The molecule has 5 heteroatoms. The smallest absolute Gasteiger partial charge is 0.225 e. The Hall–Kier alpha value is -1.08. The van der Waals surface area contributed by atoms with Crippen molar-refractivity contribution in [1.82, 2.24) is 0 Å². The van der Waals surface area contributed by atoms with Crippen molar-refractivity contribution in [3.63, 3.8) is 0 Å². The summed E-state index contributed by atoms with van der Waals surface area (Å²) in [5.74, 6) is 0.411. The SMILES string of the molecule is O=C(CCSc1ccc(F)cc1)Nc1ccc(I)cc1. The van der Waals surface area contributed by atoms with E-state index in [0.717, 1.165) is 14.2 Å². The van der Waals surface area contributed by atoms with Gasteiger partial charge in [0.25, 0.3) is 0 Å². The largest absolute Gasteiger partial charge is 0.326 e. The van der Waals surface area contributed by atoms with Gasteiger partial charge < -0.3 is 5.32 Å². The van der Waals surface area contributed by atoms with E-state index in [-0.39, 0.29) is 11.7 Å². The number of rotatable bonds is 5. The number of benzene rings is 2. The molecule has 0 aromatic heterocycles. The lowest BCUT2D eigenvalue weighted by molar-refractivity contribution is -0.115. The van der Waals surface area contributed by atoms with Crippen molar-refractivity contribution in [3.05, 3.63) is 57.9 Å². The minimum atomic E-state index is -0.245. The number of amides is 1. The standard InChI is InChI=1S/C15H13FINOS/c16-11-1-7-14(8-2-11)20-10-9-15(19)18-13-5-3-12(17)4-6-13/h1-8H,9-10H2,(H,18,19). The van der Waals surface area contributed by atoms with Gasteiger partial charge >= 0.3 is 0 Å². The maximum atomic E-state index is 12.7. The van der Waals surface area contributed by atoms with Crippen LogP contribution in [0.3, 0.4) is 0 Å². The van der Waals surface area contributed by atoms with Crippen molar-refractivity contribution in [2.24, 2.45) is 0 Å². The minimum Gasteiger partial charge on any atom is -0.326 e. The lowest BCUT2D eigenvalue weighted by Gasteiger charge is -2.05. The van der Waals surface area contributed by atoms with Crippen molar-refractivity contribution in [1.29, 1.82) is 0 Å². The molecule has 1 amide bonds. The van der Waals surface area contributed by atoms with Crippen molar-refractivity contribution in [2.75, 3.05) is 11.1 Å². The zero-order chi connectivity index (χ0) is 14.4. The maximum Gasteiger partial charge on any atom is 0.225 e. The normalized spacial score (nSPS) is 10.3. The van der Waals surface area contributed by atoms with Gasteiger partial charge in [0.1, 0.15) is 5.82 Å². The molecule has 0 aliphatic rings. The monoisotopic (exact) mass is 401 g/mol. The Kier molecular flexibility index (Phi) is 5.85. The number of anilines is 1. The summed E-state index contributed by atoms with van der Waals surface area (Å²) in [6.07, 6.45) is 0.425. The molecule has 2 rings (SSSR count). The number of halogens is 2. The highest BCUT2D eigenvalue weighted by Gasteiger charge is 2.03. The average Bonchev–Trinajstić information content (AvgIpc) is 2.44. The molecule has 2 nitrogen and oxygen atoms in total. The van der Waals surface area contributed by atoms with Gasteiger partial charge in [-0.1, -0.05) is 0 Å². The van der Waals surface area contributed by atoms with Crippen LogP contribution in [0.5, 0.6) is 0 Å². The van der Waals surface area contributed by atoms with E-state index in [0.29, 0.717) is 12.2 Å². The van der Waals surface area contributed by atoms with Crippen LogP contribution in [-0.4, -0.2) is 11.7 Å². The second kappa shape index (κ2) is 7.64. The zero-order valence-electron chi connectivity index (χ0n) is 10.6. The molecule has 0 radical (unpaired) electrons. The molecule has 0 aliphatic heterocycles. The zero-order valence-corrected chi connectivity index (χ0v) is 13.6. The molecule has 0 heterocycles. The number of thioether (sulfide) groups is 1. The molecule has 0 aliphatic carbocycles. The van der Waals surface area contributed by atoms with Gasteiger partial charge in [-0.2, -0.15) is 0 Å². The van der Waals surface area contributed by atoms with Crippen molar-refractivity contribution in [2.45, 2.75) is 11.3 Å².